The third-order valence-corrected chi connectivity index (χ3v) is 10.1. The van der Waals surface area contributed by atoms with Crippen molar-refractivity contribution < 1.29 is 9.59 Å². The predicted octanol–water partition coefficient (Wildman–Crippen LogP) is 6.27. The van der Waals surface area contributed by atoms with Crippen molar-refractivity contribution >= 4 is 23.1 Å². The van der Waals surface area contributed by atoms with E-state index in [1.54, 1.807) is 0 Å². The third-order valence-electron chi connectivity index (χ3n) is 10.1. The Bertz CT molecular complexity index is 1120. The molecule has 1 amide bonds. The Morgan fingerprint density at radius 3 is 2.20 bits per heavy atom. The number of nitrogens with one attached hydrogen (secondary N) is 1. The highest BCUT2D eigenvalue weighted by Crippen LogP contribution is 2.64. The van der Waals surface area contributed by atoms with E-state index in [4.69, 9.17) is 0 Å². The van der Waals surface area contributed by atoms with Crippen molar-refractivity contribution in [2.45, 2.75) is 52.4 Å². The molecule has 35 heavy (non-hydrogen) atoms. The molecule has 4 heteroatoms. The molecule has 3 fully saturated rings. The fourth-order valence-corrected chi connectivity index (χ4v) is 8.26. The van der Waals surface area contributed by atoms with Gasteiger partial charge >= 0.3 is 0 Å². The minimum absolute atomic E-state index is 0.00377. The Hall–Kier alpha value is -2.88. The molecule has 4 nitrogen and oxygen atoms in total. The smallest absolute Gasteiger partial charge is 0.235 e. The van der Waals surface area contributed by atoms with E-state index in [1.807, 2.05) is 71.6 Å². The molecule has 1 aliphatic heterocycles. The summed E-state index contributed by atoms with van der Waals surface area (Å²) < 4.78 is 0. The number of carbonyl (C=O) groups is 2. The number of allylic oxidation sites excluding steroid dienone is 2. The molecule has 0 aromatic heterocycles. The van der Waals surface area contributed by atoms with E-state index in [0.717, 1.165) is 50.0 Å². The minimum atomic E-state index is 0.00377. The maximum Gasteiger partial charge on any atom is 0.235 e. The van der Waals surface area contributed by atoms with Gasteiger partial charge in [0, 0.05) is 47.4 Å². The van der Waals surface area contributed by atoms with Gasteiger partial charge in [-0.15, -0.1) is 0 Å². The molecule has 1 N–H and O–H groups in total. The second kappa shape index (κ2) is 8.36. The van der Waals surface area contributed by atoms with E-state index in [1.165, 1.54) is 5.70 Å². The van der Waals surface area contributed by atoms with E-state index in [0.29, 0.717) is 24.2 Å². The van der Waals surface area contributed by atoms with Gasteiger partial charge in [-0.2, -0.15) is 0 Å². The molecule has 4 aliphatic rings. The van der Waals surface area contributed by atoms with Gasteiger partial charge in [-0.1, -0.05) is 50.2 Å². The quantitative estimate of drug-likeness (QED) is 0.578. The first-order chi connectivity index (χ1) is 16.9. The summed E-state index contributed by atoms with van der Waals surface area (Å²) in [6.45, 7) is 5.71. The van der Waals surface area contributed by atoms with E-state index >= 15 is 0 Å². The van der Waals surface area contributed by atoms with Crippen LogP contribution in [0.2, 0.25) is 0 Å². The van der Waals surface area contributed by atoms with E-state index < -0.39 is 0 Å². The summed E-state index contributed by atoms with van der Waals surface area (Å²) in [5.41, 5.74) is 3.13. The van der Waals surface area contributed by atoms with Gasteiger partial charge in [-0.25, -0.2) is 0 Å². The van der Waals surface area contributed by atoms with Gasteiger partial charge in [0.1, 0.15) is 0 Å². The van der Waals surface area contributed by atoms with Crippen LogP contribution in [0.3, 0.4) is 0 Å². The normalized spacial score (nSPS) is 35.7. The predicted molar refractivity (Wildman–Crippen MR) is 139 cm³/mol. The van der Waals surface area contributed by atoms with Gasteiger partial charge in [0.15, 0.2) is 5.78 Å². The van der Waals surface area contributed by atoms with Gasteiger partial charge in [-0.3, -0.25) is 14.5 Å². The van der Waals surface area contributed by atoms with Crippen LogP contribution in [0.1, 0.15) is 52.4 Å². The van der Waals surface area contributed by atoms with E-state index in [-0.39, 0.29) is 28.4 Å². The Balaban J connectivity index is 1.32. The number of piperidine rings is 1. The lowest BCUT2D eigenvalue weighted by molar-refractivity contribution is -0.129. The lowest BCUT2D eigenvalue weighted by Gasteiger charge is -2.58. The molecule has 6 rings (SSSR count). The van der Waals surface area contributed by atoms with Crippen molar-refractivity contribution in [3.63, 3.8) is 0 Å². The summed E-state index contributed by atoms with van der Waals surface area (Å²) in [6.07, 6.45) is 7.79. The molecule has 0 radical (unpaired) electrons. The number of rotatable bonds is 3. The van der Waals surface area contributed by atoms with Crippen molar-refractivity contribution in [2.75, 3.05) is 11.4 Å². The zero-order chi connectivity index (χ0) is 24.2. The minimum Gasteiger partial charge on any atom is -0.387 e. The third kappa shape index (κ3) is 3.48. The number of ketones is 1. The van der Waals surface area contributed by atoms with Crippen molar-refractivity contribution in [1.82, 2.24) is 5.32 Å². The molecule has 0 spiro atoms. The zero-order valence-electron chi connectivity index (χ0n) is 20.9. The van der Waals surface area contributed by atoms with Crippen molar-refractivity contribution in [1.29, 1.82) is 0 Å². The second-order valence-corrected chi connectivity index (χ2v) is 11.7. The fourth-order valence-electron chi connectivity index (χ4n) is 8.26. The van der Waals surface area contributed by atoms with Crippen LogP contribution in [0.5, 0.6) is 0 Å². The summed E-state index contributed by atoms with van der Waals surface area (Å²) in [5, 5.41) is 3.68. The number of hydrogen-bond donors (Lipinski definition) is 1. The van der Waals surface area contributed by atoms with Crippen molar-refractivity contribution in [3.8, 4) is 0 Å². The molecule has 1 unspecified atom stereocenters. The highest BCUT2D eigenvalue weighted by atomic mass is 16.2. The maximum atomic E-state index is 14.4. The largest absolute Gasteiger partial charge is 0.387 e. The highest BCUT2D eigenvalue weighted by molar-refractivity contribution is 6.02. The first kappa shape index (κ1) is 22.6. The van der Waals surface area contributed by atoms with Crippen LogP contribution in [-0.2, 0) is 9.59 Å². The highest BCUT2D eigenvalue weighted by Gasteiger charge is 2.61. The number of nitrogens with zero attached hydrogens (tertiary/aromatic N) is 1. The van der Waals surface area contributed by atoms with Crippen LogP contribution < -0.4 is 10.2 Å². The van der Waals surface area contributed by atoms with Gasteiger partial charge < -0.3 is 5.32 Å². The first-order valence-electron chi connectivity index (χ1n) is 13.3. The van der Waals surface area contributed by atoms with Gasteiger partial charge in [0.25, 0.3) is 0 Å². The van der Waals surface area contributed by atoms with Crippen molar-refractivity contribution in [2.24, 2.45) is 34.5 Å². The average Bonchev–Trinajstić information content (AvgIpc) is 3.23. The summed E-state index contributed by atoms with van der Waals surface area (Å²) in [6, 6.07) is 20.2. The molecule has 3 aliphatic carbocycles. The summed E-state index contributed by atoms with van der Waals surface area (Å²) in [5.74, 6) is 2.21. The molecule has 2 saturated carbocycles. The number of benzene rings is 2. The molecule has 182 valence electrons. The van der Waals surface area contributed by atoms with Gasteiger partial charge in [0.05, 0.1) is 0 Å². The SMILES string of the molecule is C[C@]12CCC(=O)C=C1NC[C@@H]1[C@H]2CC[C@]2(C)C(C(=O)N(c3ccccc3)c3ccccc3)CC[C@@H]12. The van der Waals surface area contributed by atoms with Crippen LogP contribution in [-0.4, -0.2) is 18.2 Å². The van der Waals surface area contributed by atoms with Crippen molar-refractivity contribution in [3.05, 3.63) is 72.4 Å². The average molecular weight is 469 g/mol. The number of fused-ring (bicyclic) bond motifs is 5. The van der Waals surface area contributed by atoms with Gasteiger partial charge in [-0.05, 0) is 79.5 Å². The fraction of sp³-hybridized carbons (Fsp3) is 0.484. The van der Waals surface area contributed by atoms with Crippen LogP contribution in [0.4, 0.5) is 11.4 Å². The maximum absolute atomic E-state index is 14.4. The second-order valence-electron chi connectivity index (χ2n) is 11.7. The van der Waals surface area contributed by atoms with Crippen LogP contribution in [0, 0.1) is 34.5 Å². The summed E-state index contributed by atoms with van der Waals surface area (Å²) in [4.78, 5) is 28.4. The Kier molecular flexibility index (Phi) is 5.39. The molecule has 6 atom stereocenters. The topological polar surface area (TPSA) is 49.4 Å². The monoisotopic (exact) mass is 468 g/mol. The first-order valence-corrected chi connectivity index (χ1v) is 13.3. The molecule has 0 bridgehead atoms. The molecule has 2 aromatic carbocycles. The standard InChI is InChI=1S/C31H36N2O2/c1-30-18-16-26-24(20-32-28-19-23(34)15-17-31(26,28)2)25(30)13-14-27(30)29(35)33(21-9-5-3-6-10-21)22-11-7-4-8-12-22/h3-12,19,24-27,32H,13-18,20H2,1-2H3/t24-,25-,26+,27?,30-,31+/m0/s1. The molecule has 1 saturated heterocycles. The lowest BCUT2D eigenvalue weighted by Crippen LogP contribution is -2.57. The Morgan fingerprint density at radius 2 is 1.54 bits per heavy atom. The van der Waals surface area contributed by atoms with Crippen LogP contribution in [0.15, 0.2) is 72.4 Å². The van der Waals surface area contributed by atoms with Crippen LogP contribution in [0.25, 0.3) is 0 Å². The number of amides is 1. The van der Waals surface area contributed by atoms with E-state index in [2.05, 4.69) is 19.2 Å². The number of carbonyl (C=O) groups excluding carboxylic acids is 2. The molecule has 1 heterocycles. The van der Waals surface area contributed by atoms with Gasteiger partial charge in [0.2, 0.25) is 5.91 Å². The summed E-state index contributed by atoms with van der Waals surface area (Å²) >= 11 is 0. The number of para-hydroxylation sites is 2. The zero-order valence-corrected chi connectivity index (χ0v) is 20.9. The molecule has 2 aromatic rings. The Labute approximate surface area is 208 Å². The summed E-state index contributed by atoms with van der Waals surface area (Å²) in [7, 11) is 0. The van der Waals surface area contributed by atoms with E-state index in [9.17, 15) is 9.59 Å². The molecular formula is C31H36N2O2. The lowest BCUT2D eigenvalue weighted by atomic mass is 9.50. The number of anilines is 2. The Morgan fingerprint density at radius 1 is 0.886 bits per heavy atom. The van der Waals surface area contributed by atoms with Crippen LogP contribution >= 0.6 is 0 Å². The number of hydrogen-bond acceptors (Lipinski definition) is 3. The molecular weight excluding hydrogens is 432 g/mol.